The van der Waals surface area contributed by atoms with Crippen LogP contribution in [-0.2, 0) is 4.79 Å². The predicted molar refractivity (Wildman–Crippen MR) is 93.8 cm³/mol. The minimum atomic E-state index is -0.158. The lowest BCUT2D eigenvalue weighted by Gasteiger charge is -2.15. The van der Waals surface area contributed by atoms with E-state index in [-0.39, 0.29) is 18.6 Å². The summed E-state index contributed by atoms with van der Waals surface area (Å²) < 4.78 is 11.9. The number of halogens is 1. The van der Waals surface area contributed by atoms with E-state index in [0.29, 0.717) is 12.4 Å². The maximum absolute atomic E-state index is 12.0. The van der Waals surface area contributed by atoms with Crippen molar-refractivity contribution in [1.82, 2.24) is 5.32 Å². The fourth-order valence-corrected chi connectivity index (χ4v) is 2.33. The monoisotopic (exact) mass is 377 g/mol. The highest BCUT2D eigenvalue weighted by Crippen LogP contribution is 2.18. The molecule has 1 N–H and O–H groups in total. The Hall–Kier alpha value is -2.01. The van der Waals surface area contributed by atoms with Gasteiger partial charge in [-0.1, -0.05) is 28.1 Å². The van der Waals surface area contributed by atoms with Crippen LogP contribution in [0.4, 0.5) is 0 Å². The molecule has 0 saturated carbocycles. The summed E-state index contributed by atoms with van der Waals surface area (Å²) in [5.74, 6) is 1.27. The second-order valence-electron chi connectivity index (χ2n) is 5.03. The van der Waals surface area contributed by atoms with Crippen molar-refractivity contribution in [2.45, 2.75) is 19.9 Å². The number of amides is 1. The van der Waals surface area contributed by atoms with Crippen molar-refractivity contribution in [2.75, 3.05) is 13.2 Å². The van der Waals surface area contributed by atoms with Gasteiger partial charge in [0.1, 0.15) is 11.5 Å². The van der Waals surface area contributed by atoms with Crippen LogP contribution in [-0.4, -0.2) is 19.1 Å². The Balaban J connectivity index is 1.81. The lowest BCUT2D eigenvalue weighted by atomic mass is 10.1. The van der Waals surface area contributed by atoms with Gasteiger partial charge in [0, 0.05) is 4.47 Å². The van der Waals surface area contributed by atoms with Gasteiger partial charge in [-0.2, -0.15) is 0 Å². The van der Waals surface area contributed by atoms with E-state index in [1.54, 1.807) is 12.1 Å². The van der Waals surface area contributed by atoms with Gasteiger partial charge >= 0.3 is 0 Å². The van der Waals surface area contributed by atoms with Crippen molar-refractivity contribution in [3.8, 4) is 11.5 Å². The molecule has 2 aromatic rings. The normalized spacial score (nSPS) is 11.6. The Labute approximate surface area is 144 Å². The molecule has 1 amide bonds. The third kappa shape index (κ3) is 5.60. The van der Waals surface area contributed by atoms with Gasteiger partial charge in [-0.05, 0) is 55.8 Å². The summed E-state index contributed by atoms with van der Waals surface area (Å²) in [6, 6.07) is 15.0. The topological polar surface area (TPSA) is 47.6 Å². The second-order valence-corrected chi connectivity index (χ2v) is 5.95. The van der Waals surface area contributed by atoms with E-state index < -0.39 is 0 Å². The van der Waals surface area contributed by atoms with Crippen molar-refractivity contribution in [1.29, 1.82) is 0 Å². The van der Waals surface area contributed by atoms with Crippen molar-refractivity contribution >= 4 is 21.8 Å². The van der Waals surface area contributed by atoms with Gasteiger partial charge in [0.25, 0.3) is 5.91 Å². The first-order valence-electron chi connectivity index (χ1n) is 7.49. The number of hydrogen-bond donors (Lipinski definition) is 1. The van der Waals surface area contributed by atoms with Gasteiger partial charge in [-0.25, -0.2) is 0 Å². The van der Waals surface area contributed by atoms with Crippen molar-refractivity contribution in [3.63, 3.8) is 0 Å². The van der Waals surface area contributed by atoms with Gasteiger partial charge in [-0.3, -0.25) is 4.79 Å². The van der Waals surface area contributed by atoms with Crippen molar-refractivity contribution in [2.24, 2.45) is 0 Å². The minimum absolute atomic E-state index is 0.0190. The van der Waals surface area contributed by atoms with Gasteiger partial charge in [-0.15, -0.1) is 0 Å². The molecule has 0 aliphatic heterocycles. The number of nitrogens with one attached hydrogen (secondary N) is 1. The molecular formula is C18H20BrNO3. The molecule has 2 rings (SSSR count). The molecule has 5 heteroatoms. The molecule has 0 bridgehead atoms. The fraction of sp³-hybridized carbons (Fsp3) is 0.278. The third-order valence-corrected chi connectivity index (χ3v) is 3.78. The highest BCUT2D eigenvalue weighted by atomic mass is 79.9. The summed E-state index contributed by atoms with van der Waals surface area (Å²) in [5, 5.41) is 2.91. The zero-order valence-electron chi connectivity index (χ0n) is 13.2. The van der Waals surface area contributed by atoms with Gasteiger partial charge in [0.2, 0.25) is 0 Å². The molecular weight excluding hydrogens is 358 g/mol. The van der Waals surface area contributed by atoms with Crippen molar-refractivity contribution < 1.29 is 14.3 Å². The Morgan fingerprint density at radius 2 is 1.61 bits per heavy atom. The van der Waals surface area contributed by atoms with Crippen molar-refractivity contribution in [3.05, 3.63) is 58.6 Å². The molecule has 0 saturated heterocycles. The maximum atomic E-state index is 12.0. The summed E-state index contributed by atoms with van der Waals surface area (Å²) in [6.07, 6.45) is 0. The molecule has 0 aliphatic rings. The number of benzene rings is 2. The van der Waals surface area contributed by atoms with Crippen LogP contribution in [0.3, 0.4) is 0 Å². The number of rotatable bonds is 7. The SMILES string of the molecule is CCOc1ccc(OCC(=O)N[C@H](C)c2ccc(Br)cc2)cc1. The zero-order valence-corrected chi connectivity index (χ0v) is 14.8. The second kappa shape index (κ2) is 8.58. The molecule has 0 radical (unpaired) electrons. The summed E-state index contributed by atoms with van der Waals surface area (Å²) in [7, 11) is 0. The molecule has 122 valence electrons. The average molecular weight is 378 g/mol. The van der Waals surface area contributed by atoms with Crippen LogP contribution in [0.1, 0.15) is 25.5 Å². The van der Waals surface area contributed by atoms with E-state index in [0.717, 1.165) is 15.8 Å². The Morgan fingerprint density at radius 1 is 1.04 bits per heavy atom. The average Bonchev–Trinajstić information content (AvgIpc) is 2.55. The molecule has 0 heterocycles. The third-order valence-electron chi connectivity index (χ3n) is 3.25. The van der Waals surface area contributed by atoms with Crippen LogP contribution in [0.5, 0.6) is 11.5 Å². The molecule has 2 aromatic carbocycles. The Kier molecular flexibility index (Phi) is 6.47. The number of carbonyl (C=O) groups excluding carboxylic acids is 1. The van der Waals surface area contributed by atoms with Gasteiger partial charge < -0.3 is 14.8 Å². The van der Waals surface area contributed by atoms with E-state index in [1.807, 2.05) is 50.2 Å². The minimum Gasteiger partial charge on any atom is -0.494 e. The molecule has 4 nitrogen and oxygen atoms in total. The van der Waals surface area contributed by atoms with Crippen LogP contribution in [0.15, 0.2) is 53.0 Å². The summed E-state index contributed by atoms with van der Waals surface area (Å²) in [6.45, 7) is 4.48. The van der Waals surface area contributed by atoms with E-state index in [1.165, 1.54) is 0 Å². The van der Waals surface area contributed by atoms with E-state index in [9.17, 15) is 4.79 Å². The van der Waals surface area contributed by atoms with E-state index in [4.69, 9.17) is 9.47 Å². The molecule has 0 aliphatic carbocycles. The largest absolute Gasteiger partial charge is 0.494 e. The van der Waals surface area contributed by atoms with Crippen LogP contribution in [0.2, 0.25) is 0 Å². The van der Waals surface area contributed by atoms with Crippen LogP contribution >= 0.6 is 15.9 Å². The molecule has 0 fully saturated rings. The Bertz CT molecular complexity index is 626. The van der Waals surface area contributed by atoms with Gasteiger partial charge in [0.05, 0.1) is 12.6 Å². The first-order chi connectivity index (χ1) is 11.1. The Morgan fingerprint density at radius 3 is 2.17 bits per heavy atom. The maximum Gasteiger partial charge on any atom is 0.258 e. The van der Waals surface area contributed by atoms with E-state index >= 15 is 0 Å². The zero-order chi connectivity index (χ0) is 16.7. The fourth-order valence-electron chi connectivity index (χ4n) is 2.07. The first-order valence-corrected chi connectivity index (χ1v) is 8.28. The number of hydrogen-bond acceptors (Lipinski definition) is 3. The first kappa shape index (κ1) is 17.3. The summed E-state index contributed by atoms with van der Waals surface area (Å²) >= 11 is 3.39. The number of ether oxygens (including phenoxy) is 2. The standard InChI is InChI=1S/C18H20BrNO3/c1-3-22-16-8-10-17(11-9-16)23-12-18(21)20-13(2)14-4-6-15(19)7-5-14/h4-11,13H,3,12H2,1-2H3,(H,20,21)/t13-/m1/s1. The molecule has 1 atom stereocenters. The summed E-state index contributed by atoms with van der Waals surface area (Å²) in [5.41, 5.74) is 1.04. The predicted octanol–water partition coefficient (Wildman–Crippen LogP) is 4.10. The quantitative estimate of drug-likeness (QED) is 0.789. The van der Waals surface area contributed by atoms with Crippen LogP contribution in [0.25, 0.3) is 0 Å². The van der Waals surface area contributed by atoms with Crippen LogP contribution in [0, 0.1) is 0 Å². The van der Waals surface area contributed by atoms with Gasteiger partial charge in [0.15, 0.2) is 6.61 Å². The number of carbonyl (C=O) groups is 1. The molecule has 0 spiro atoms. The lowest BCUT2D eigenvalue weighted by molar-refractivity contribution is -0.123. The van der Waals surface area contributed by atoms with E-state index in [2.05, 4.69) is 21.2 Å². The highest BCUT2D eigenvalue weighted by molar-refractivity contribution is 9.10. The molecule has 23 heavy (non-hydrogen) atoms. The lowest BCUT2D eigenvalue weighted by Crippen LogP contribution is -2.31. The molecule has 0 aromatic heterocycles. The smallest absolute Gasteiger partial charge is 0.258 e. The molecule has 0 unspecified atom stereocenters. The highest BCUT2D eigenvalue weighted by Gasteiger charge is 2.10. The van der Waals surface area contributed by atoms with Crippen LogP contribution < -0.4 is 14.8 Å². The summed E-state index contributed by atoms with van der Waals surface area (Å²) in [4.78, 5) is 12.0.